The minimum Gasteiger partial charge on any atom is -0.462 e. The molecule has 0 amide bonds. The first-order valence-electron chi connectivity index (χ1n) is 35.0. The number of carbonyl (C=O) groups excluding carboxylic acids is 4. The quantitative estimate of drug-likeness (QED) is 0.0222. The van der Waals surface area contributed by atoms with Crippen molar-refractivity contribution in [3.63, 3.8) is 0 Å². The zero-order valence-corrected chi connectivity index (χ0v) is 57.4. The zero-order valence-electron chi connectivity index (χ0n) is 55.6. The van der Waals surface area contributed by atoms with Crippen LogP contribution in [0.5, 0.6) is 0 Å². The van der Waals surface area contributed by atoms with Crippen LogP contribution in [0.3, 0.4) is 0 Å². The molecule has 3 N–H and O–H groups in total. The van der Waals surface area contributed by atoms with E-state index in [0.29, 0.717) is 25.7 Å². The second-order valence-corrected chi connectivity index (χ2v) is 27.8. The first-order chi connectivity index (χ1) is 41.4. The Balaban J connectivity index is 5.24. The molecule has 0 saturated carbocycles. The Hall–Kier alpha value is -1.94. The summed E-state index contributed by atoms with van der Waals surface area (Å²) in [6.45, 7) is 9.52. The number of hydrogen-bond acceptors (Lipinski definition) is 15. The maximum absolute atomic E-state index is 13.0. The van der Waals surface area contributed by atoms with Crippen molar-refractivity contribution in [1.82, 2.24) is 0 Å². The minimum atomic E-state index is -4.95. The van der Waals surface area contributed by atoms with E-state index in [4.69, 9.17) is 37.0 Å². The molecule has 0 heterocycles. The minimum absolute atomic E-state index is 0.106. The average molecular weight is 1270 g/mol. The van der Waals surface area contributed by atoms with Crippen molar-refractivity contribution in [1.29, 1.82) is 0 Å². The molecule has 86 heavy (non-hydrogen) atoms. The van der Waals surface area contributed by atoms with Gasteiger partial charge in [0.05, 0.1) is 26.4 Å². The normalized spacial score (nSPS) is 14.5. The first kappa shape index (κ1) is 84.1. The molecule has 0 aromatic heterocycles. The highest BCUT2D eigenvalue weighted by atomic mass is 31.2. The fraction of sp³-hybridized carbons (Fsp3) is 0.940. The summed E-state index contributed by atoms with van der Waals surface area (Å²) in [5.74, 6) is -0.568. The zero-order chi connectivity index (χ0) is 63.6. The number of unbranched alkanes of at least 4 members (excludes halogenated alkanes) is 35. The van der Waals surface area contributed by atoms with E-state index in [1.165, 1.54) is 154 Å². The molecule has 0 saturated heterocycles. The van der Waals surface area contributed by atoms with E-state index in [-0.39, 0.29) is 25.7 Å². The van der Waals surface area contributed by atoms with E-state index in [2.05, 4.69) is 41.5 Å². The monoisotopic (exact) mass is 1270 g/mol. The van der Waals surface area contributed by atoms with E-state index >= 15 is 0 Å². The summed E-state index contributed by atoms with van der Waals surface area (Å²) in [5, 5.41) is 10.6. The molecule has 0 aliphatic carbocycles. The number of esters is 4. The lowest BCUT2D eigenvalue weighted by molar-refractivity contribution is -0.161. The number of aliphatic hydroxyl groups excluding tert-OH is 1. The Morgan fingerprint density at radius 2 is 0.593 bits per heavy atom. The summed E-state index contributed by atoms with van der Waals surface area (Å²) in [6, 6.07) is 0. The maximum atomic E-state index is 13.0. The van der Waals surface area contributed by atoms with Gasteiger partial charge < -0.3 is 33.8 Å². The van der Waals surface area contributed by atoms with Crippen molar-refractivity contribution in [2.75, 3.05) is 39.6 Å². The third-order valence-corrected chi connectivity index (χ3v) is 17.7. The lowest BCUT2D eigenvalue weighted by atomic mass is 9.99. The lowest BCUT2D eigenvalue weighted by Crippen LogP contribution is -2.30. The fourth-order valence-electron chi connectivity index (χ4n) is 10.0. The number of hydrogen-bond donors (Lipinski definition) is 3. The van der Waals surface area contributed by atoms with Gasteiger partial charge in [-0.15, -0.1) is 0 Å². The Bertz CT molecular complexity index is 1690. The molecule has 0 aliphatic heterocycles. The molecule has 0 rings (SSSR count). The third kappa shape index (κ3) is 59.7. The van der Waals surface area contributed by atoms with Crippen LogP contribution in [0.4, 0.5) is 0 Å². The molecule has 0 bridgehead atoms. The van der Waals surface area contributed by atoms with E-state index in [9.17, 15) is 43.2 Å². The molecule has 0 spiro atoms. The summed E-state index contributed by atoms with van der Waals surface area (Å²) in [4.78, 5) is 72.3. The molecule has 0 aromatic rings. The smallest absolute Gasteiger partial charge is 0.462 e. The summed E-state index contributed by atoms with van der Waals surface area (Å²) >= 11 is 0. The SMILES string of the molecule is CCCCCCCCCCCCC(=O)O[C@H](COC(=O)CCCCCCCCCCC)COP(=O)(O)OC[C@H](O)COP(=O)(O)OC[C@@H](COC(=O)CCCCCCCCCCCCC(C)C)OC(=O)CCCCCCCCCCCCC(C)CC. The van der Waals surface area contributed by atoms with E-state index in [1.807, 2.05) is 0 Å². The number of phosphoric ester groups is 2. The number of phosphoric acid groups is 2. The van der Waals surface area contributed by atoms with Gasteiger partial charge in [0.25, 0.3) is 0 Å². The van der Waals surface area contributed by atoms with Crippen LogP contribution >= 0.6 is 15.6 Å². The number of ether oxygens (including phenoxy) is 4. The standard InChI is InChI=1S/C67H130O17P2/c1-7-10-12-14-16-18-26-33-39-45-51-66(71)83-62(55-77-64(69)49-43-37-31-23-17-15-13-11-8-2)57-81-85(73,74)79-53-61(68)54-80-86(75,76)82-58-63(56-78-65(70)50-44-38-32-27-21-19-24-29-35-41-47-59(4)5)84-67(72)52-46-40-34-28-22-20-25-30-36-42-48-60(6)9-3/h59-63,68H,7-58H2,1-6H3,(H,73,74)(H,75,76)/t60?,61-,62+,63+/m0/s1. The van der Waals surface area contributed by atoms with Crippen molar-refractivity contribution in [2.24, 2.45) is 11.8 Å². The Kier molecular flexibility index (Phi) is 58.0. The van der Waals surface area contributed by atoms with Crippen LogP contribution in [0.1, 0.15) is 337 Å². The highest BCUT2D eigenvalue weighted by Gasteiger charge is 2.30. The molecule has 0 aliphatic rings. The lowest BCUT2D eigenvalue weighted by Gasteiger charge is -2.21. The van der Waals surface area contributed by atoms with Crippen LogP contribution in [-0.2, 0) is 65.4 Å². The van der Waals surface area contributed by atoms with Gasteiger partial charge in [-0.2, -0.15) is 0 Å². The van der Waals surface area contributed by atoms with E-state index in [0.717, 1.165) is 102 Å². The fourth-order valence-corrected chi connectivity index (χ4v) is 11.6. The summed E-state index contributed by atoms with van der Waals surface area (Å²) in [5.41, 5.74) is 0. The van der Waals surface area contributed by atoms with Gasteiger partial charge >= 0.3 is 39.5 Å². The Morgan fingerprint density at radius 3 is 0.884 bits per heavy atom. The predicted molar refractivity (Wildman–Crippen MR) is 345 cm³/mol. The number of carbonyl (C=O) groups is 4. The van der Waals surface area contributed by atoms with Crippen molar-refractivity contribution in [3.05, 3.63) is 0 Å². The molecule has 19 heteroatoms. The molecule has 510 valence electrons. The summed E-state index contributed by atoms with van der Waals surface area (Å²) in [6.07, 6.45) is 42.9. The second kappa shape index (κ2) is 59.4. The Labute approximate surface area is 524 Å². The molecule has 6 atom stereocenters. The molecule has 3 unspecified atom stereocenters. The van der Waals surface area contributed by atoms with Gasteiger partial charge in [-0.25, -0.2) is 9.13 Å². The van der Waals surface area contributed by atoms with Crippen molar-refractivity contribution < 1.29 is 80.2 Å². The third-order valence-electron chi connectivity index (χ3n) is 15.8. The van der Waals surface area contributed by atoms with Crippen LogP contribution in [0.15, 0.2) is 0 Å². The Morgan fingerprint density at radius 1 is 0.337 bits per heavy atom. The highest BCUT2D eigenvalue weighted by Crippen LogP contribution is 2.45. The van der Waals surface area contributed by atoms with Crippen LogP contribution < -0.4 is 0 Å². The van der Waals surface area contributed by atoms with Gasteiger partial charge in [0.1, 0.15) is 19.3 Å². The van der Waals surface area contributed by atoms with Gasteiger partial charge in [-0.3, -0.25) is 37.3 Å². The van der Waals surface area contributed by atoms with Gasteiger partial charge in [-0.1, -0.05) is 286 Å². The van der Waals surface area contributed by atoms with Crippen LogP contribution in [0.25, 0.3) is 0 Å². The summed E-state index contributed by atoms with van der Waals surface area (Å²) < 4.78 is 68.1. The predicted octanol–water partition coefficient (Wildman–Crippen LogP) is 18.8. The van der Waals surface area contributed by atoms with Crippen LogP contribution in [0.2, 0.25) is 0 Å². The average Bonchev–Trinajstić information content (AvgIpc) is 3.56. The number of rotatable bonds is 66. The second-order valence-electron chi connectivity index (χ2n) is 24.9. The van der Waals surface area contributed by atoms with Crippen molar-refractivity contribution in [3.8, 4) is 0 Å². The van der Waals surface area contributed by atoms with Crippen molar-refractivity contribution in [2.45, 2.75) is 355 Å². The van der Waals surface area contributed by atoms with Crippen LogP contribution in [-0.4, -0.2) is 96.7 Å². The largest absolute Gasteiger partial charge is 0.472 e. The highest BCUT2D eigenvalue weighted by molar-refractivity contribution is 7.47. The van der Waals surface area contributed by atoms with E-state index in [1.54, 1.807) is 0 Å². The van der Waals surface area contributed by atoms with Crippen molar-refractivity contribution >= 4 is 39.5 Å². The molecule has 17 nitrogen and oxygen atoms in total. The van der Waals surface area contributed by atoms with Gasteiger partial charge in [0.2, 0.25) is 0 Å². The molecule has 0 aromatic carbocycles. The van der Waals surface area contributed by atoms with Gasteiger partial charge in [0, 0.05) is 25.7 Å². The van der Waals surface area contributed by atoms with Crippen LogP contribution in [0, 0.1) is 11.8 Å². The molecule has 0 radical (unpaired) electrons. The maximum Gasteiger partial charge on any atom is 0.472 e. The van der Waals surface area contributed by atoms with Gasteiger partial charge in [-0.05, 0) is 37.5 Å². The van der Waals surface area contributed by atoms with Gasteiger partial charge in [0.15, 0.2) is 12.2 Å². The molecular weight excluding hydrogens is 1140 g/mol. The molecular formula is C67H130O17P2. The van der Waals surface area contributed by atoms with E-state index < -0.39 is 97.5 Å². The molecule has 0 fully saturated rings. The topological polar surface area (TPSA) is 237 Å². The first-order valence-corrected chi connectivity index (χ1v) is 38.0. The summed E-state index contributed by atoms with van der Waals surface area (Å²) in [7, 11) is -9.89. The number of aliphatic hydroxyl groups is 1.